The number of carbonyl (C=O) groups excluding carboxylic acids is 10. The van der Waals surface area contributed by atoms with Crippen molar-refractivity contribution in [2.45, 2.75) is 114 Å². The Morgan fingerprint density at radius 1 is 0.747 bits per heavy atom. The SMILES string of the molecule is CC[C@H](C)[C@H](NC(=O)CNC(=O)CNC(=O)[C@H](CCC(=O)O)NC(=O)Cc1ccc(CN2CCN3CCN(CC2)CC(=O)[O][Al]([CH3])[O]C(=O)C3)cc1)C(=O)N[C@H]1CCc2cccc3c2N(C1=O)[C@H](C(=O)N[C@H]1CC(=O)O[C@H]1O)C3. The third-order valence-corrected chi connectivity index (χ3v) is 15.8. The van der Waals surface area contributed by atoms with Crippen LogP contribution in [-0.4, -0.2) is 207 Å². The smallest absolute Gasteiger partial charge is 0.584 e. The highest BCUT2D eigenvalue weighted by Crippen LogP contribution is 2.39. The number of anilines is 1. The average Bonchev–Trinajstić information content (AvgIpc) is 3.93. The lowest BCUT2D eigenvalue weighted by Crippen LogP contribution is -2.59. The number of aliphatic carboxylic acids is 1. The fourth-order valence-electron chi connectivity index (χ4n) is 10.1. The van der Waals surface area contributed by atoms with Crippen molar-refractivity contribution in [3.05, 3.63) is 64.7 Å². The Labute approximate surface area is 461 Å². The Kier molecular flexibility index (Phi) is 20.9. The number of nitrogens with one attached hydrogen (secondary N) is 6. The van der Waals surface area contributed by atoms with Crippen molar-refractivity contribution < 1.29 is 75.3 Å². The Morgan fingerprint density at radius 2 is 1.38 bits per heavy atom. The lowest BCUT2D eigenvalue weighted by atomic mass is 9.97. The van der Waals surface area contributed by atoms with Gasteiger partial charge in [-0.15, -0.1) is 0 Å². The second kappa shape index (κ2) is 27.7. The minimum Gasteiger partial charge on any atom is -0.584 e. The van der Waals surface area contributed by atoms with Crippen LogP contribution >= 0.6 is 0 Å². The van der Waals surface area contributed by atoms with Gasteiger partial charge in [-0.25, -0.2) is 0 Å². The van der Waals surface area contributed by atoms with Crippen molar-refractivity contribution in [1.29, 1.82) is 0 Å². The number of nitrogens with zero attached hydrogens (tertiary/aromatic N) is 4. The van der Waals surface area contributed by atoms with Crippen molar-refractivity contribution in [2.75, 3.05) is 70.3 Å². The van der Waals surface area contributed by atoms with Gasteiger partial charge in [0.1, 0.15) is 30.2 Å². The summed E-state index contributed by atoms with van der Waals surface area (Å²) in [6.45, 7) is 6.63. The first-order chi connectivity index (χ1) is 37.7. The Hall–Kier alpha value is -7.02. The highest BCUT2D eigenvalue weighted by atomic mass is 27.2. The number of benzene rings is 2. The Bertz CT molecular complexity index is 2610. The number of carboxylic acid groups (broad SMARTS) is 1. The molecule has 7 amide bonds. The molecule has 9 atom stereocenters. The number of carbonyl (C=O) groups is 11. The van der Waals surface area contributed by atoms with Crippen LogP contribution < -0.4 is 36.8 Å². The van der Waals surface area contributed by atoms with E-state index in [4.69, 9.17) is 12.3 Å². The monoisotopic (exact) mass is 1120 g/mol. The second-order valence-electron chi connectivity index (χ2n) is 20.5. The van der Waals surface area contributed by atoms with E-state index in [0.29, 0.717) is 69.9 Å². The molecule has 2 unspecified atom stereocenters. The molecule has 0 aromatic heterocycles. The van der Waals surface area contributed by atoms with E-state index in [1.165, 1.54) is 4.90 Å². The number of hydrogen-bond donors (Lipinski definition) is 8. The summed E-state index contributed by atoms with van der Waals surface area (Å²) in [7, 11) is 0. The number of aryl methyl sites for hydroxylation is 1. The Balaban J connectivity index is 0.875. The fourth-order valence-corrected chi connectivity index (χ4v) is 11.1. The van der Waals surface area contributed by atoms with Gasteiger partial charge < -0.3 is 54.4 Å². The van der Waals surface area contributed by atoms with E-state index in [0.717, 1.165) is 16.7 Å². The molecule has 8 N–H and O–H groups in total. The molecule has 5 heterocycles. The molecule has 7 rings (SSSR count). The maximum absolute atomic E-state index is 14.3. The van der Waals surface area contributed by atoms with Crippen LogP contribution in [0.5, 0.6) is 0 Å². The molecular weight excluding hydrogens is 1050 g/mol. The fraction of sp³-hybridized carbons (Fsp3) is 0.558. The molecule has 5 aliphatic heterocycles. The molecule has 0 aliphatic carbocycles. The number of cyclic esters (lactones) is 1. The summed E-state index contributed by atoms with van der Waals surface area (Å²) >= 11 is -2.43. The molecule has 79 heavy (non-hydrogen) atoms. The quantitative estimate of drug-likeness (QED) is 0.0488. The maximum Gasteiger partial charge on any atom is 0.857 e. The largest absolute Gasteiger partial charge is 0.857 e. The zero-order chi connectivity index (χ0) is 56.9. The van der Waals surface area contributed by atoms with Crippen LogP contribution in [-0.2, 0) is 90.9 Å². The molecule has 3 fully saturated rings. The standard InChI is InChI=1S/C51H68N10O16.CH3.Al/c1-3-29(2)45(49(74)55-35-12-11-32-5-4-6-33-22-37(61(46(32)33)50(35)75)48(73)56-36-23-44(71)77-51(36)76)57-40(64)25-52-39(63)24-53-47(72)34(13-14-41(65)66)54-38(62)21-30-7-9-31(10-8-30)26-58-15-17-59(27-42(67)68)19-20-60(18-16-58)28-43(69)70;;/h4-10,29,34-37,45,51,76H,3,11-28H2,1-2H3,(H,52,63)(H,53,72)(H,54,62)(H,55,74)(H,56,73)(H,57,64)(H,65,66)(H,67,68)(H,69,70);1H3;/q;;+2/p-2/t29-,34-,35-,36-,37-,45-,51+;;/m0../s1. The van der Waals surface area contributed by atoms with Gasteiger partial charge in [-0.3, -0.25) is 72.3 Å². The number of rotatable bonds is 20. The number of fused-ring (bicyclic) bond motifs is 3. The molecular formula is C52H69AlN10O16. The van der Waals surface area contributed by atoms with Crippen LogP contribution in [0.25, 0.3) is 0 Å². The van der Waals surface area contributed by atoms with Crippen molar-refractivity contribution in [2.24, 2.45) is 5.92 Å². The zero-order valence-corrected chi connectivity index (χ0v) is 45.6. The van der Waals surface area contributed by atoms with E-state index < -0.39 is 142 Å². The summed E-state index contributed by atoms with van der Waals surface area (Å²) in [6, 6.07) is 7.03. The number of esters is 1. The first-order valence-electron chi connectivity index (χ1n) is 26.6. The van der Waals surface area contributed by atoms with Crippen LogP contribution in [0.4, 0.5) is 5.69 Å². The summed E-state index contributed by atoms with van der Waals surface area (Å²) in [5.41, 5.74) is 3.62. The van der Waals surface area contributed by atoms with Crippen molar-refractivity contribution in [3.63, 3.8) is 0 Å². The summed E-state index contributed by atoms with van der Waals surface area (Å²) in [5, 5.41) is 34.9. The van der Waals surface area contributed by atoms with E-state index in [9.17, 15) is 63.0 Å². The summed E-state index contributed by atoms with van der Waals surface area (Å²) in [6.07, 6.45) is -1.60. The van der Waals surface area contributed by atoms with Gasteiger partial charge in [0.25, 0.3) is 11.9 Å². The van der Waals surface area contributed by atoms with Gasteiger partial charge in [-0.1, -0.05) is 62.7 Å². The summed E-state index contributed by atoms with van der Waals surface area (Å²) in [4.78, 5) is 151. The highest BCUT2D eigenvalue weighted by Gasteiger charge is 2.46. The number of amides is 7. The molecule has 2 bridgehead atoms. The number of hydrogen-bond acceptors (Lipinski definition) is 18. The van der Waals surface area contributed by atoms with Gasteiger partial charge in [0.05, 0.1) is 44.7 Å². The van der Waals surface area contributed by atoms with Crippen molar-refractivity contribution in [1.82, 2.24) is 46.6 Å². The minimum atomic E-state index is -2.43. The maximum atomic E-state index is 14.3. The van der Waals surface area contributed by atoms with E-state index in [1.807, 2.05) is 34.1 Å². The van der Waals surface area contributed by atoms with Crippen molar-refractivity contribution >= 4 is 85.7 Å². The van der Waals surface area contributed by atoms with Gasteiger partial charge in [0, 0.05) is 58.7 Å². The van der Waals surface area contributed by atoms with Crippen LogP contribution in [0.15, 0.2) is 42.5 Å². The average molecular weight is 1120 g/mol. The minimum absolute atomic E-state index is 0.0884. The molecule has 0 radical (unpaired) electrons. The molecule has 5 aliphatic rings. The number of para-hydroxylation sites is 1. The lowest BCUT2D eigenvalue weighted by molar-refractivity contribution is -0.155. The molecule has 27 heteroatoms. The third-order valence-electron chi connectivity index (χ3n) is 14.6. The van der Waals surface area contributed by atoms with Gasteiger partial charge >= 0.3 is 26.8 Å². The molecule has 2 aromatic rings. The lowest BCUT2D eigenvalue weighted by Gasteiger charge is -2.30. The normalized spacial score (nSPS) is 23.5. The molecule has 3 saturated heterocycles. The van der Waals surface area contributed by atoms with Crippen molar-refractivity contribution in [3.8, 4) is 0 Å². The van der Waals surface area contributed by atoms with Gasteiger partial charge in [0.2, 0.25) is 47.6 Å². The van der Waals surface area contributed by atoms with E-state index >= 15 is 0 Å². The highest BCUT2D eigenvalue weighted by molar-refractivity contribution is 6.47. The van der Waals surface area contributed by atoms with E-state index in [-0.39, 0.29) is 45.2 Å². The van der Waals surface area contributed by atoms with E-state index in [2.05, 4.69) is 36.8 Å². The molecule has 0 spiro atoms. The summed E-state index contributed by atoms with van der Waals surface area (Å²) in [5.74, 6) is -6.41. The second-order valence-corrected chi connectivity index (χ2v) is 22.1. The summed E-state index contributed by atoms with van der Waals surface area (Å²) < 4.78 is 15.5. The predicted molar refractivity (Wildman–Crippen MR) is 279 cm³/mol. The number of aliphatic hydroxyl groups is 1. The predicted octanol–water partition coefficient (Wildman–Crippen LogP) is -2.88. The third kappa shape index (κ3) is 16.8. The number of carboxylic acids is 1. The number of ether oxygens (including phenoxy) is 1. The first kappa shape index (κ1) is 59.6. The van der Waals surface area contributed by atoms with E-state index in [1.54, 1.807) is 37.8 Å². The topological polar surface area (TPSA) is 341 Å². The molecule has 426 valence electrons. The van der Waals surface area contributed by atoms with Crippen LogP contribution in [0.3, 0.4) is 0 Å². The van der Waals surface area contributed by atoms with Gasteiger partial charge in [0.15, 0.2) is 0 Å². The van der Waals surface area contributed by atoms with Crippen LogP contribution in [0.1, 0.15) is 68.2 Å². The first-order valence-corrected chi connectivity index (χ1v) is 28.7. The van der Waals surface area contributed by atoms with Crippen LogP contribution in [0, 0.1) is 5.92 Å². The number of aliphatic hydroxyl groups excluding tert-OH is 1. The van der Waals surface area contributed by atoms with Gasteiger partial charge in [-0.2, -0.15) is 0 Å². The Morgan fingerprint density at radius 3 is 2.01 bits per heavy atom. The van der Waals surface area contributed by atoms with Crippen LogP contribution in [0.2, 0.25) is 5.79 Å². The zero-order valence-electron chi connectivity index (χ0n) is 44.5. The molecule has 2 aromatic carbocycles. The molecule has 26 nitrogen and oxygen atoms in total. The van der Waals surface area contributed by atoms with Gasteiger partial charge in [-0.05, 0) is 53.2 Å². The molecule has 0 saturated carbocycles.